The molecule has 0 aromatic carbocycles. The summed E-state index contributed by atoms with van der Waals surface area (Å²) in [7, 11) is 0. The van der Waals surface area contributed by atoms with Crippen LogP contribution >= 0.6 is 0 Å². The van der Waals surface area contributed by atoms with E-state index in [1.165, 1.54) is 22.2 Å². The van der Waals surface area contributed by atoms with Crippen LogP contribution < -0.4 is 0 Å². The van der Waals surface area contributed by atoms with E-state index < -0.39 is 12.1 Å². The van der Waals surface area contributed by atoms with Gasteiger partial charge in [-0.15, -0.1) is 0 Å². The molecule has 1 aliphatic rings. The van der Waals surface area contributed by atoms with Gasteiger partial charge in [-0.05, 0) is 12.8 Å². The Morgan fingerprint density at radius 1 is 1.33 bits per heavy atom. The molecule has 0 radical (unpaired) electrons. The lowest BCUT2D eigenvalue weighted by Gasteiger charge is -2.32. The number of hydrogen-bond donors (Lipinski definition) is 0. The SMILES string of the molecule is O=C(Cn1cncn1)N1CCC(C(F)(F)F)CC1. The summed E-state index contributed by atoms with van der Waals surface area (Å²) >= 11 is 0. The number of aromatic nitrogens is 3. The van der Waals surface area contributed by atoms with Gasteiger partial charge >= 0.3 is 6.18 Å². The molecule has 1 aromatic rings. The number of rotatable bonds is 2. The molecular weight excluding hydrogens is 249 g/mol. The standard InChI is InChI=1S/C10H13F3N4O/c11-10(12,13)8-1-3-16(4-2-8)9(18)5-17-7-14-6-15-17/h6-8H,1-5H2. The summed E-state index contributed by atoms with van der Waals surface area (Å²) in [6.07, 6.45) is -1.48. The normalized spacial score (nSPS) is 18.1. The van der Waals surface area contributed by atoms with E-state index >= 15 is 0 Å². The minimum absolute atomic E-state index is 0.0212. The van der Waals surface area contributed by atoms with Crippen LogP contribution in [0.15, 0.2) is 12.7 Å². The first-order valence-corrected chi connectivity index (χ1v) is 5.63. The van der Waals surface area contributed by atoms with Gasteiger partial charge in [-0.3, -0.25) is 4.79 Å². The van der Waals surface area contributed by atoms with Gasteiger partial charge in [-0.25, -0.2) is 9.67 Å². The van der Waals surface area contributed by atoms with Crippen molar-refractivity contribution in [2.24, 2.45) is 5.92 Å². The third-order valence-corrected chi connectivity index (χ3v) is 3.07. The van der Waals surface area contributed by atoms with Crippen molar-refractivity contribution in [2.45, 2.75) is 25.6 Å². The smallest absolute Gasteiger partial charge is 0.341 e. The summed E-state index contributed by atoms with van der Waals surface area (Å²) in [5.74, 6) is -1.51. The Morgan fingerprint density at radius 3 is 2.50 bits per heavy atom. The molecule has 0 aliphatic carbocycles. The molecule has 1 aromatic heterocycles. The summed E-state index contributed by atoms with van der Waals surface area (Å²) in [5.41, 5.74) is 0. The van der Waals surface area contributed by atoms with Crippen LogP contribution in [0.1, 0.15) is 12.8 Å². The molecule has 1 aliphatic heterocycles. The van der Waals surface area contributed by atoms with Gasteiger partial charge in [-0.1, -0.05) is 0 Å². The Kier molecular flexibility index (Phi) is 3.53. The summed E-state index contributed by atoms with van der Waals surface area (Å²) in [4.78, 5) is 16.9. The Balaban J connectivity index is 1.84. The lowest BCUT2D eigenvalue weighted by atomic mass is 9.96. The number of hydrogen-bond acceptors (Lipinski definition) is 3. The van der Waals surface area contributed by atoms with Crippen molar-refractivity contribution in [3.8, 4) is 0 Å². The average Bonchev–Trinajstić information content (AvgIpc) is 2.81. The van der Waals surface area contributed by atoms with Crippen LogP contribution in [0.3, 0.4) is 0 Å². The highest BCUT2D eigenvalue weighted by molar-refractivity contribution is 5.75. The zero-order valence-electron chi connectivity index (χ0n) is 9.60. The summed E-state index contributed by atoms with van der Waals surface area (Å²) < 4.78 is 38.7. The lowest BCUT2D eigenvalue weighted by Crippen LogP contribution is -2.43. The largest absolute Gasteiger partial charge is 0.391 e. The first kappa shape index (κ1) is 12.8. The second-order valence-electron chi connectivity index (χ2n) is 4.29. The molecule has 1 amide bonds. The van der Waals surface area contributed by atoms with Crippen molar-refractivity contribution in [3.05, 3.63) is 12.7 Å². The number of carbonyl (C=O) groups is 1. The molecule has 2 rings (SSSR count). The molecule has 100 valence electrons. The van der Waals surface area contributed by atoms with E-state index in [0.29, 0.717) is 0 Å². The fourth-order valence-corrected chi connectivity index (χ4v) is 2.01. The zero-order valence-corrected chi connectivity index (χ0v) is 9.60. The van der Waals surface area contributed by atoms with Crippen LogP contribution in [-0.4, -0.2) is 44.8 Å². The van der Waals surface area contributed by atoms with Crippen LogP contribution in [0.25, 0.3) is 0 Å². The number of amides is 1. The van der Waals surface area contributed by atoms with Gasteiger partial charge in [0.15, 0.2) is 0 Å². The minimum atomic E-state index is -4.15. The highest BCUT2D eigenvalue weighted by Crippen LogP contribution is 2.34. The summed E-state index contributed by atoms with van der Waals surface area (Å²) in [6, 6.07) is 0. The highest BCUT2D eigenvalue weighted by atomic mass is 19.4. The first-order valence-electron chi connectivity index (χ1n) is 5.63. The van der Waals surface area contributed by atoms with Gasteiger partial charge in [0.25, 0.3) is 0 Å². The van der Waals surface area contributed by atoms with Crippen molar-refractivity contribution >= 4 is 5.91 Å². The van der Waals surface area contributed by atoms with Gasteiger partial charge in [0.05, 0.1) is 5.92 Å². The van der Waals surface area contributed by atoms with Crippen molar-refractivity contribution < 1.29 is 18.0 Å². The molecule has 1 fully saturated rings. The van der Waals surface area contributed by atoms with Crippen molar-refractivity contribution in [1.82, 2.24) is 19.7 Å². The predicted molar refractivity (Wildman–Crippen MR) is 55.4 cm³/mol. The summed E-state index contributed by atoms with van der Waals surface area (Å²) in [5, 5.41) is 3.78. The minimum Gasteiger partial charge on any atom is -0.341 e. The Morgan fingerprint density at radius 2 is 2.00 bits per heavy atom. The number of alkyl halides is 3. The number of nitrogens with zero attached hydrogens (tertiary/aromatic N) is 4. The van der Waals surface area contributed by atoms with Crippen molar-refractivity contribution in [2.75, 3.05) is 13.1 Å². The maximum Gasteiger partial charge on any atom is 0.391 e. The van der Waals surface area contributed by atoms with Crippen LogP contribution in [0.5, 0.6) is 0 Å². The molecule has 2 heterocycles. The quantitative estimate of drug-likeness (QED) is 0.801. The molecule has 0 bridgehead atoms. The third-order valence-electron chi connectivity index (χ3n) is 3.07. The van der Waals surface area contributed by atoms with Crippen LogP contribution in [0.4, 0.5) is 13.2 Å². The second-order valence-corrected chi connectivity index (χ2v) is 4.29. The molecule has 8 heteroatoms. The molecule has 0 unspecified atom stereocenters. The number of halogens is 3. The first-order chi connectivity index (χ1) is 8.47. The molecular formula is C10H13F3N4O. The molecule has 0 atom stereocenters. The second kappa shape index (κ2) is 4.95. The Hall–Kier alpha value is -1.60. The van der Waals surface area contributed by atoms with E-state index in [1.54, 1.807) is 0 Å². The van der Waals surface area contributed by atoms with E-state index in [4.69, 9.17) is 0 Å². The molecule has 0 N–H and O–H groups in total. The van der Waals surface area contributed by atoms with Crippen LogP contribution in [0.2, 0.25) is 0 Å². The molecule has 0 spiro atoms. The van der Waals surface area contributed by atoms with Gasteiger partial charge in [-0.2, -0.15) is 18.3 Å². The van der Waals surface area contributed by atoms with Crippen LogP contribution in [0, 0.1) is 5.92 Å². The average molecular weight is 262 g/mol. The van der Waals surface area contributed by atoms with Gasteiger partial charge in [0.2, 0.25) is 5.91 Å². The fraction of sp³-hybridized carbons (Fsp3) is 0.700. The molecule has 5 nitrogen and oxygen atoms in total. The molecule has 18 heavy (non-hydrogen) atoms. The van der Waals surface area contributed by atoms with E-state index in [2.05, 4.69) is 10.1 Å². The fourth-order valence-electron chi connectivity index (χ4n) is 2.01. The maximum atomic E-state index is 12.4. The number of likely N-dealkylation sites (tertiary alicyclic amines) is 1. The van der Waals surface area contributed by atoms with Gasteiger partial charge in [0, 0.05) is 13.1 Å². The topological polar surface area (TPSA) is 51.0 Å². The lowest BCUT2D eigenvalue weighted by molar-refractivity contribution is -0.186. The Bertz CT molecular complexity index is 396. The van der Waals surface area contributed by atoms with Crippen molar-refractivity contribution in [1.29, 1.82) is 0 Å². The number of carbonyl (C=O) groups excluding carboxylic acids is 1. The third kappa shape index (κ3) is 2.99. The monoisotopic (exact) mass is 262 g/mol. The maximum absolute atomic E-state index is 12.4. The Labute approximate surface area is 102 Å². The van der Waals surface area contributed by atoms with E-state index in [-0.39, 0.29) is 38.4 Å². The number of piperidine rings is 1. The predicted octanol–water partition coefficient (Wildman–Crippen LogP) is 1.08. The van der Waals surface area contributed by atoms with Gasteiger partial charge < -0.3 is 4.90 Å². The van der Waals surface area contributed by atoms with E-state index in [0.717, 1.165) is 0 Å². The molecule has 1 saturated heterocycles. The highest BCUT2D eigenvalue weighted by Gasteiger charge is 2.41. The van der Waals surface area contributed by atoms with E-state index in [9.17, 15) is 18.0 Å². The summed E-state index contributed by atoms with van der Waals surface area (Å²) in [6.45, 7) is 0.325. The van der Waals surface area contributed by atoms with Crippen LogP contribution in [-0.2, 0) is 11.3 Å². The molecule has 0 saturated carbocycles. The van der Waals surface area contributed by atoms with Gasteiger partial charge in [0.1, 0.15) is 19.2 Å². The van der Waals surface area contributed by atoms with Crippen molar-refractivity contribution in [3.63, 3.8) is 0 Å². The van der Waals surface area contributed by atoms with E-state index in [1.807, 2.05) is 0 Å². The zero-order chi connectivity index (χ0) is 13.2.